The number of nitrogens with two attached hydrogens (primary N) is 1. The van der Waals surface area contributed by atoms with Gasteiger partial charge in [-0.2, -0.15) is 0 Å². The van der Waals surface area contributed by atoms with Crippen LogP contribution < -0.4 is 11.1 Å². The summed E-state index contributed by atoms with van der Waals surface area (Å²) in [4.78, 5) is 29.2. The van der Waals surface area contributed by atoms with Crippen LogP contribution in [0.5, 0.6) is 0 Å². The van der Waals surface area contributed by atoms with Crippen LogP contribution >= 0.6 is 0 Å². The van der Waals surface area contributed by atoms with Gasteiger partial charge in [-0.1, -0.05) is 0 Å². The minimum absolute atomic E-state index is 0.265. The number of rotatable bonds is 2. The van der Waals surface area contributed by atoms with Gasteiger partial charge in [0.25, 0.3) is 5.91 Å². The number of H-pyrrole nitrogens is 1. The van der Waals surface area contributed by atoms with Crippen LogP contribution in [-0.2, 0) is 4.74 Å². The van der Waals surface area contributed by atoms with Gasteiger partial charge in [0, 0.05) is 36.1 Å². The number of amides is 2. The molecule has 2 amide bonds. The van der Waals surface area contributed by atoms with Crippen LogP contribution in [0.2, 0.25) is 0 Å². The normalized spacial score (nSPS) is 20.6. The molecule has 146 valence electrons. The average molecular weight is 376 g/mol. The summed E-state index contributed by atoms with van der Waals surface area (Å²) in [6, 6.07) is 5.23. The number of ether oxygens (including phenoxy) is 1. The number of nitrogens with zero attached hydrogens (tertiary/aromatic N) is 1. The maximum absolute atomic E-state index is 13.3. The molecule has 3 rings (SSSR count). The second-order valence-corrected chi connectivity index (χ2v) is 7.87. The molecule has 0 saturated carbocycles. The predicted octanol–water partition coefficient (Wildman–Crippen LogP) is 2.37. The van der Waals surface area contributed by atoms with Crippen molar-refractivity contribution in [3.63, 3.8) is 0 Å². The highest BCUT2D eigenvalue weighted by Crippen LogP contribution is 2.18. The number of fused-ring (bicyclic) bond motifs is 1. The Hall–Kier alpha value is -2.61. The Kier molecular flexibility index (Phi) is 5.10. The molecule has 1 fully saturated rings. The Bertz CT molecular complexity index is 858. The second kappa shape index (κ2) is 7.19. The summed E-state index contributed by atoms with van der Waals surface area (Å²) in [7, 11) is 0. The van der Waals surface area contributed by atoms with E-state index >= 15 is 0 Å². The molecule has 0 spiro atoms. The first-order chi connectivity index (χ1) is 12.6. The van der Waals surface area contributed by atoms with E-state index in [9.17, 15) is 14.0 Å². The molecule has 1 aliphatic rings. The molecule has 0 aliphatic carbocycles. The van der Waals surface area contributed by atoms with Crippen LogP contribution in [0.15, 0.2) is 24.3 Å². The van der Waals surface area contributed by atoms with Crippen LogP contribution in [0.25, 0.3) is 10.9 Å². The van der Waals surface area contributed by atoms with Gasteiger partial charge in [0.15, 0.2) is 0 Å². The van der Waals surface area contributed by atoms with E-state index in [0.29, 0.717) is 36.1 Å². The molecule has 7 nitrogen and oxygen atoms in total. The number of aromatic amines is 1. The zero-order valence-corrected chi connectivity index (χ0v) is 15.7. The third-order valence-electron chi connectivity index (χ3n) is 4.45. The number of nitrogens with one attached hydrogen (secondary N) is 2. The lowest BCUT2D eigenvalue weighted by Gasteiger charge is -2.37. The van der Waals surface area contributed by atoms with Crippen molar-refractivity contribution in [3.05, 3.63) is 35.8 Å². The van der Waals surface area contributed by atoms with E-state index < -0.39 is 17.7 Å². The first kappa shape index (κ1) is 19.2. The highest BCUT2D eigenvalue weighted by Gasteiger charge is 2.32. The van der Waals surface area contributed by atoms with E-state index in [1.165, 1.54) is 12.1 Å². The van der Waals surface area contributed by atoms with Crippen molar-refractivity contribution >= 4 is 22.9 Å². The Labute approximate surface area is 157 Å². The number of likely N-dealkylation sites (tertiary alicyclic amines) is 1. The molecular formula is C19H25FN4O3. The topological polar surface area (TPSA) is 100 Å². The van der Waals surface area contributed by atoms with Crippen molar-refractivity contribution in [1.82, 2.24) is 15.2 Å². The second-order valence-electron chi connectivity index (χ2n) is 7.87. The quantitative estimate of drug-likeness (QED) is 0.749. The maximum atomic E-state index is 13.3. The molecule has 2 heterocycles. The van der Waals surface area contributed by atoms with E-state index in [-0.39, 0.29) is 17.8 Å². The van der Waals surface area contributed by atoms with Gasteiger partial charge < -0.3 is 25.7 Å². The molecule has 1 aromatic heterocycles. The van der Waals surface area contributed by atoms with Gasteiger partial charge in [0.2, 0.25) is 0 Å². The van der Waals surface area contributed by atoms with Gasteiger partial charge >= 0.3 is 6.09 Å². The number of aromatic nitrogens is 1. The largest absolute Gasteiger partial charge is 0.444 e. The summed E-state index contributed by atoms with van der Waals surface area (Å²) < 4.78 is 18.7. The van der Waals surface area contributed by atoms with Crippen molar-refractivity contribution < 1.29 is 18.7 Å². The summed E-state index contributed by atoms with van der Waals surface area (Å²) in [5.41, 5.74) is 6.63. The van der Waals surface area contributed by atoms with E-state index in [1.54, 1.807) is 17.0 Å². The molecule has 0 radical (unpaired) electrons. The Morgan fingerprint density at radius 1 is 1.33 bits per heavy atom. The number of piperidine rings is 1. The summed E-state index contributed by atoms with van der Waals surface area (Å²) >= 11 is 0. The van der Waals surface area contributed by atoms with E-state index in [2.05, 4.69) is 10.3 Å². The molecule has 4 N–H and O–H groups in total. The monoisotopic (exact) mass is 376 g/mol. The van der Waals surface area contributed by atoms with Crippen LogP contribution in [0.1, 0.15) is 37.7 Å². The molecule has 1 saturated heterocycles. The lowest BCUT2D eigenvalue weighted by atomic mass is 10.00. The summed E-state index contributed by atoms with van der Waals surface area (Å²) in [6.45, 7) is 6.18. The highest BCUT2D eigenvalue weighted by molar-refractivity contribution is 5.98. The molecule has 0 bridgehead atoms. The third-order valence-corrected chi connectivity index (χ3v) is 4.45. The number of carbonyl (C=O) groups excluding carboxylic acids is 2. The van der Waals surface area contributed by atoms with Crippen molar-refractivity contribution in [3.8, 4) is 0 Å². The summed E-state index contributed by atoms with van der Waals surface area (Å²) in [5.74, 6) is -0.664. The van der Waals surface area contributed by atoms with Gasteiger partial charge in [0.05, 0.1) is 0 Å². The van der Waals surface area contributed by atoms with Gasteiger partial charge in [-0.3, -0.25) is 4.79 Å². The van der Waals surface area contributed by atoms with Gasteiger partial charge in [-0.25, -0.2) is 9.18 Å². The number of hydrogen-bond acceptors (Lipinski definition) is 4. The fraction of sp³-hybridized carbons (Fsp3) is 0.474. The zero-order chi connectivity index (χ0) is 19.8. The molecule has 1 aliphatic heterocycles. The van der Waals surface area contributed by atoms with E-state index in [0.717, 1.165) is 0 Å². The molecular weight excluding hydrogens is 351 g/mol. The Morgan fingerprint density at radius 2 is 2.07 bits per heavy atom. The SMILES string of the molecule is CC(C)(C)OC(=O)N1CC[C@H](NC(=O)c2cc3cc(F)ccc3[nH]2)C(N)C1. The fourth-order valence-electron chi connectivity index (χ4n) is 3.13. The van der Waals surface area contributed by atoms with Crippen LogP contribution in [0.4, 0.5) is 9.18 Å². The predicted molar refractivity (Wildman–Crippen MR) is 99.9 cm³/mol. The summed E-state index contributed by atoms with van der Waals surface area (Å²) in [5, 5.41) is 3.53. The van der Waals surface area contributed by atoms with Gasteiger partial charge in [-0.05, 0) is 51.5 Å². The molecule has 8 heteroatoms. The summed E-state index contributed by atoms with van der Waals surface area (Å²) in [6.07, 6.45) is 0.126. The molecule has 2 atom stereocenters. The first-order valence-corrected chi connectivity index (χ1v) is 8.95. The number of benzene rings is 1. The average Bonchev–Trinajstić information content (AvgIpc) is 2.98. The van der Waals surface area contributed by atoms with Crippen molar-refractivity contribution in [2.75, 3.05) is 13.1 Å². The minimum atomic E-state index is -0.568. The van der Waals surface area contributed by atoms with E-state index in [4.69, 9.17) is 10.5 Å². The standard InChI is InChI=1S/C19H25FN4O3/c1-19(2,3)27-18(26)24-7-6-15(13(21)10-24)23-17(25)16-9-11-8-12(20)4-5-14(11)22-16/h4-5,8-9,13,15,22H,6-7,10,21H2,1-3H3,(H,23,25)/t13?,15-/m0/s1. The van der Waals surface area contributed by atoms with Crippen LogP contribution in [-0.4, -0.2) is 52.7 Å². The molecule has 1 aromatic carbocycles. The Balaban J connectivity index is 1.61. The van der Waals surface area contributed by atoms with E-state index in [1.807, 2.05) is 20.8 Å². The van der Waals surface area contributed by atoms with Crippen molar-refractivity contribution in [2.45, 2.75) is 44.9 Å². The zero-order valence-electron chi connectivity index (χ0n) is 15.7. The Morgan fingerprint density at radius 3 is 2.74 bits per heavy atom. The lowest BCUT2D eigenvalue weighted by molar-refractivity contribution is 0.0179. The lowest BCUT2D eigenvalue weighted by Crippen LogP contribution is -2.59. The highest BCUT2D eigenvalue weighted by atomic mass is 19.1. The minimum Gasteiger partial charge on any atom is -0.444 e. The molecule has 27 heavy (non-hydrogen) atoms. The number of halogens is 1. The smallest absolute Gasteiger partial charge is 0.410 e. The van der Waals surface area contributed by atoms with Crippen LogP contribution in [0.3, 0.4) is 0 Å². The number of hydrogen-bond donors (Lipinski definition) is 3. The van der Waals surface area contributed by atoms with Gasteiger partial charge in [-0.15, -0.1) is 0 Å². The molecule has 1 unspecified atom stereocenters. The van der Waals surface area contributed by atoms with Crippen LogP contribution in [0, 0.1) is 5.82 Å². The fourth-order valence-corrected chi connectivity index (χ4v) is 3.13. The van der Waals surface area contributed by atoms with Crippen molar-refractivity contribution in [2.24, 2.45) is 5.73 Å². The first-order valence-electron chi connectivity index (χ1n) is 8.95. The number of carbonyl (C=O) groups is 2. The van der Waals surface area contributed by atoms with Gasteiger partial charge in [0.1, 0.15) is 17.1 Å². The third kappa shape index (κ3) is 4.57. The molecule has 2 aromatic rings. The maximum Gasteiger partial charge on any atom is 0.410 e. The van der Waals surface area contributed by atoms with Crippen molar-refractivity contribution in [1.29, 1.82) is 0 Å².